The van der Waals surface area contributed by atoms with Crippen molar-refractivity contribution in [2.75, 3.05) is 0 Å². The molecule has 0 heterocycles. The van der Waals surface area contributed by atoms with Gasteiger partial charge in [-0.2, -0.15) is 0 Å². The molecule has 1 aromatic rings. The lowest BCUT2D eigenvalue weighted by molar-refractivity contribution is 0.299. The lowest BCUT2D eigenvalue weighted by Gasteiger charge is -2.42. The second-order valence-corrected chi connectivity index (χ2v) is 30.7. The van der Waals surface area contributed by atoms with Crippen molar-refractivity contribution in [1.29, 1.82) is 0 Å². The van der Waals surface area contributed by atoms with Crippen LogP contribution in [-0.2, 0) is 22.9 Å². The molecule has 0 atom stereocenters. The summed E-state index contributed by atoms with van der Waals surface area (Å²) in [5, 5.41) is 0. The number of aryl methyl sites for hydroxylation is 1. The molecule has 0 aliphatic heterocycles. The van der Waals surface area contributed by atoms with Gasteiger partial charge in [0.15, 0.2) is 16.6 Å². The minimum atomic E-state index is -2.34. The number of hydrogen-bond acceptors (Lipinski definition) is 4. The second-order valence-electron chi connectivity index (χ2n) is 10.8. The van der Waals surface area contributed by atoms with E-state index in [1.807, 2.05) is 0 Å². The smallest absolute Gasteiger partial charge is 0.314 e. The largest absolute Gasteiger partial charge is 0.437 e. The molecule has 0 spiro atoms. The average Bonchev–Trinajstić information content (AvgIpc) is 2.40. The summed E-state index contributed by atoms with van der Waals surface area (Å²) in [5.74, 6) is 0. The van der Waals surface area contributed by atoms with Crippen molar-refractivity contribution >= 4 is 42.3 Å². The molecule has 0 saturated heterocycles. The molecule has 168 valence electrons. The van der Waals surface area contributed by atoms with E-state index in [0.29, 0.717) is 0 Å². The first-order valence-electron chi connectivity index (χ1n) is 10.8. The molecule has 0 bridgehead atoms. The SMILES string of the molecule is C[Si](C)(C)O[Si](C)(C)O[Si](C)(C)O[Si](C)(C)O[Si](C)(C)CCCc1ccccc1. The summed E-state index contributed by atoms with van der Waals surface area (Å²) in [6, 6.07) is 11.9. The Hall–Kier alpha value is 0.144. The maximum atomic E-state index is 6.71. The zero-order chi connectivity index (χ0) is 22.6. The van der Waals surface area contributed by atoms with Crippen molar-refractivity contribution in [3.63, 3.8) is 0 Å². The van der Waals surface area contributed by atoms with Crippen molar-refractivity contribution in [2.45, 2.75) is 90.9 Å². The summed E-state index contributed by atoms with van der Waals surface area (Å²) < 4.78 is 26.2. The Labute approximate surface area is 185 Å². The van der Waals surface area contributed by atoms with Gasteiger partial charge in [0.25, 0.3) is 0 Å². The highest BCUT2D eigenvalue weighted by Gasteiger charge is 2.44. The van der Waals surface area contributed by atoms with Crippen molar-refractivity contribution in [3.05, 3.63) is 35.9 Å². The Morgan fingerprint density at radius 2 is 1.03 bits per heavy atom. The zero-order valence-corrected chi connectivity index (χ0v) is 25.6. The van der Waals surface area contributed by atoms with E-state index in [1.165, 1.54) is 5.56 Å². The van der Waals surface area contributed by atoms with Gasteiger partial charge in [-0.05, 0) is 96.5 Å². The average molecular weight is 489 g/mol. The fraction of sp³-hybridized carbons (Fsp3) is 0.700. The summed E-state index contributed by atoms with van der Waals surface area (Å²) in [5.41, 5.74) is 1.40. The first-order valence-corrected chi connectivity index (χ1v) is 25.7. The summed E-state index contributed by atoms with van der Waals surface area (Å²) in [4.78, 5) is 0. The Kier molecular flexibility index (Phi) is 9.54. The normalized spacial score (nSPS) is 14.3. The molecule has 1 rings (SSSR count). The minimum absolute atomic E-state index is 1.11. The molecule has 0 fully saturated rings. The third-order valence-corrected chi connectivity index (χ3v) is 22.2. The summed E-state index contributed by atoms with van der Waals surface area (Å²) in [6.45, 7) is 24.2. The fourth-order valence-electron chi connectivity index (χ4n) is 4.06. The molecule has 0 aliphatic rings. The van der Waals surface area contributed by atoms with E-state index in [0.717, 1.165) is 18.9 Å². The highest BCUT2D eigenvalue weighted by molar-refractivity contribution is 6.90. The third kappa shape index (κ3) is 12.6. The van der Waals surface area contributed by atoms with E-state index < -0.39 is 42.3 Å². The summed E-state index contributed by atoms with van der Waals surface area (Å²) in [7, 11) is -10.3. The van der Waals surface area contributed by atoms with Crippen molar-refractivity contribution in [1.82, 2.24) is 0 Å². The van der Waals surface area contributed by atoms with E-state index in [1.54, 1.807) is 0 Å². The maximum Gasteiger partial charge on any atom is 0.314 e. The molecule has 0 radical (unpaired) electrons. The Bertz CT molecular complexity index is 628. The molecular formula is C20H44O4Si5. The fourth-order valence-corrected chi connectivity index (χ4v) is 27.8. The molecule has 9 heteroatoms. The predicted octanol–water partition coefficient (Wildman–Crippen LogP) is 6.83. The van der Waals surface area contributed by atoms with Crippen LogP contribution in [0.25, 0.3) is 0 Å². The molecular weight excluding hydrogens is 445 g/mol. The van der Waals surface area contributed by atoms with Crippen LogP contribution >= 0.6 is 0 Å². The van der Waals surface area contributed by atoms with Gasteiger partial charge in [0.05, 0.1) is 0 Å². The maximum absolute atomic E-state index is 6.71. The van der Waals surface area contributed by atoms with Gasteiger partial charge in [0.1, 0.15) is 0 Å². The van der Waals surface area contributed by atoms with E-state index in [9.17, 15) is 0 Å². The van der Waals surface area contributed by atoms with Crippen molar-refractivity contribution in [3.8, 4) is 0 Å². The zero-order valence-electron chi connectivity index (χ0n) is 20.6. The molecule has 4 nitrogen and oxygen atoms in total. The molecule has 0 saturated carbocycles. The van der Waals surface area contributed by atoms with Crippen LogP contribution in [0.15, 0.2) is 30.3 Å². The van der Waals surface area contributed by atoms with Crippen molar-refractivity contribution < 1.29 is 16.5 Å². The van der Waals surface area contributed by atoms with Crippen LogP contribution in [0.2, 0.25) is 78.1 Å². The quantitative estimate of drug-likeness (QED) is 0.302. The Balaban J connectivity index is 2.62. The number of rotatable bonds is 12. The van der Waals surface area contributed by atoms with Crippen molar-refractivity contribution in [2.24, 2.45) is 0 Å². The minimum Gasteiger partial charge on any atom is -0.437 e. The van der Waals surface area contributed by atoms with Gasteiger partial charge >= 0.3 is 25.7 Å². The van der Waals surface area contributed by atoms with Gasteiger partial charge in [-0.15, -0.1) is 0 Å². The third-order valence-electron chi connectivity index (χ3n) is 4.14. The number of hydrogen-bond donors (Lipinski definition) is 0. The second kappa shape index (κ2) is 10.2. The Morgan fingerprint density at radius 1 is 0.586 bits per heavy atom. The van der Waals surface area contributed by atoms with E-state index >= 15 is 0 Å². The first kappa shape index (κ1) is 27.2. The van der Waals surface area contributed by atoms with Gasteiger partial charge in [-0.1, -0.05) is 30.3 Å². The van der Waals surface area contributed by atoms with Crippen LogP contribution in [0.1, 0.15) is 12.0 Å². The monoisotopic (exact) mass is 488 g/mol. The molecule has 0 aromatic heterocycles. The highest BCUT2D eigenvalue weighted by atomic mass is 28.5. The molecule has 29 heavy (non-hydrogen) atoms. The van der Waals surface area contributed by atoms with Gasteiger partial charge in [-0.25, -0.2) is 0 Å². The van der Waals surface area contributed by atoms with Gasteiger partial charge in [0, 0.05) is 0 Å². The van der Waals surface area contributed by atoms with E-state index in [-0.39, 0.29) is 0 Å². The van der Waals surface area contributed by atoms with Crippen LogP contribution < -0.4 is 0 Å². The van der Waals surface area contributed by atoms with Gasteiger partial charge < -0.3 is 16.5 Å². The van der Waals surface area contributed by atoms with Crippen LogP contribution in [0.3, 0.4) is 0 Å². The lowest BCUT2D eigenvalue weighted by Crippen LogP contribution is -2.58. The molecule has 0 aliphatic carbocycles. The van der Waals surface area contributed by atoms with Crippen LogP contribution in [0, 0.1) is 0 Å². The van der Waals surface area contributed by atoms with Crippen LogP contribution in [0.5, 0.6) is 0 Å². The topological polar surface area (TPSA) is 36.9 Å². The first-order chi connectivity index (χ1) is 12.9. The predicted molar refractivity (Wildman–Crippen MR) is 137 cm³/mol. The lowest BCUT2D eigenvalue weighted by atomic mass is 10.1. The Morgan fingerprint density at radius 3 is 1.52 bits per heavy atom. The van der Waals surface area contributed by atoms with E-state index in [4.69, 9.17) is 16.5 Å². The van der Waals surface area contributed by atoms with Gasteiger partial charge in [-0.3, -0.25) is 0 Å². The van der Waals surface area contributed by atoms with E-state index in [2.05, 4.69) is 102 Å². The van der Waals surface area contributed by atoms with Crippen LogP contribution in [0.4, 0.5) is 0 Å². The molecule has 0 N–H and O–H groups in total. The van der Waals surface area contributed by atoms with Gasteiger partial charge in [0.2, 0.25) is 0 Å². The highest BCUT2D eigenvalue weighted by Crippen LogP contribution is 2.27. The molecule has 0 unspecified atom stereocenters. The summed E-state index contributed by atoms with van der Waals surface area (Å²) in [6.07, 6.45) is 2.27. The molecule has 1 aromatic carbocycles. The number of benzene rings is 1. The summed E-state index contributed by atoms with van der Waals surface area (Å²) >= 11 is 0. The standard InChI is InChI=1S/C20H44O4Si5/c1-25(2,3)21-27(6,7)23-29(10,11)24-28(8,9)22-26(4,5)19-15-18-20-16-13-12-14-17-20/h12-14,16-17H,15,18-19H2,1-11H3. The van der Waals surface area contributed by atoms with Crippen LogP contribution in [-0.4, -0.2) is 42.3 Å². The molecule has 0 amide bonds.